The molecule has 5 nitrogen and oxygen atoms in total. The van der Waals surface area contributed by atoms with Crippen LogP contribution in [-0.4, -0.2) is 27.8 Å². The highest BCUT2D eigenvalue weighted by Gasteiger charge is 2.19. The van der Waals surface area contributed by atoms with Gasteiger partial charge in [-0.15, -0.1) is 0 Å². The molecule has 1 unspecified atom stereocenters. The van der Waals surface area contributed by atoms with Crippen LogP contribution >= 0.6 is 11.8 Å². The molecule has 1 atom stereocenters. The van der Waals surface area contributed by atoms with E-state index in [1.807, 2.05) is 42.8 Å². The second-order valence-electron chi connectivity index (χ2n) is 6.88. The number of carbonyl (C=O) groups is 1. The van der Waals surface area contributed by atoms with Crippen molar-refractivity contribution >= 4 is 23.4 Å². The molecular weight excluding hydrogens is 370 g/mol. The highest BCUT2D eigenvalue weighted by Crippen LogP contribution is 2.29. The number of nitrogens with one attached hydrogen (secondary N) is 1. The van der Waals surface area contributed by atoms with Crippen molar-refractivity contribution in [2.45, 2.75) is 38.1 Å². The Morgan fingerprint density at radius 3 is 2.50 bits per heavy atom. The van der Waals surface area contributed by atoms with Gasteiger partial charge in [-0.25, -0.2) is 4.98 Å². The predicted molar refractivity (Wildman–Crippen MR) is 115 cm³/mol. The molecule has 2 aromatic carbocycles. The smallest absolute Gasteiger partial charge is 0.237 e. The van der Waals surface area contributed by atoms with Crippen molar-refractivity contribution in [1.29, 1.82) is 0 Å². The maximum Gasteiger partial charge on any atom is 0.237 e. The number of imidazole rings is 1. The minimum atomic E-state index is -0.322. The molecule has 1 aromatic heterocycles. The molecule has 1 N–H and O–H groups in total. The third-order valence-corrected chi connectivity index (χ3v) is 5.44. The Labute approximate surface area is 170 Å². The van der Waals surface area contributed by atoms with Crippen LogP contribution in [0, 0.1) is 20.8 Å². The monoisotopic (exact) mass is 395 g/mol. The molecule has 0 aliphatic carbocycles. The predicted octanol–water partition coefficient (Wildman–Crippen LogP) is 4.93. The van der Waals surface area contributed by atoms with E-state index in [0.29, 0.717) is 11.4 Å². The van der Waals surface area contributed by atoms with Crippen LogP contribution < -0.4 is 10.1 Å². The highest BCUT2D eigenvalue weighted by atomic mass is 32.2. The van der Waals surface area contributed by atoms with Crippen molar-refractivity contribution in [2.24, 2.45) is 0 Å². The first kappa shape index (κ1) is 20.0. The largest absolute Gasteiger partial charge is 0.495 e. The number of methoxy groups -OCH3 is 1. The van der Waals surface area contributed by atoms with Crippen molar-refractivity contribution in [2.75, 3.05) is 12.4 Å². The summed E-state index contributed by atoms with van der Waals surface area (Å²) in [6.45, 7) is 8.01. The van der Waals surface area contributed by atoms with E-state index in [4.69, 9.17) is 4.74 Å². The van der Waals surface area contributed by atoms with Crippen LogP contribution in [0.4, 0.5) is 5.69 Å². The summed E-state index contributed by atoms with van der Waals surface area (Å²) in [6, 6.07) is 12.1. The molecule has 0 saturated heterocycles. The van der Waals surface area contributed by atoms with Gasteiger partial charge < -0.3 is 10.1 Å². The lowest BCUT2D eigenvalue weighted by atomic mass is 10.1. The van der Waals surface area contributed by atoms with E-state index < -0.39 is 0 Å². The van der Waals surface area contributed by atoms with Crippen LogP contribution in [-0.2, 0) is 4.79 Å². The molecule has 1 heterocycles. The van der Waals surface area contributed by atoms with Gasteiger partial charge in [0.15, 0.2) is 5.16 Å². The van der Waals surface area contributed by atoms with E-state index in [9.17, 15) is 4.79 Å². The quantitative estimate of drug-likeness (QED) is 0.602. The van der Waals surface area contributed by atoms with Gasteiger partial charge in [-0.3, -0.25) is 9.36 Å². The van der Waals surface area contributed by atoms with Crippen molar-refractivity contribution in [3.05, 3.63) is 65.5 Å². The molecule has 0 radical (unpaired) electrons. The van der Waals surface area contributed by atoms with Gasteiger partial charge >= 0.3 is 0 Å². The molecular formula is C22H25N3O2S. The lowest BCUT2D eigenvalue weighted by molar-refractivity contribution is -0.115. The Hall–Kier alpha value is -2.73. The summed E-state index contributed by atoms with van der Waals surface area (Å²) in [5.74, 6) is 0.553. The van der Waals surface area contributed by atoms with Gasteiger partial charge in [0.05, 0.1) is 18.0 Å². The molecule has 1 amide bonds. The van der Waals surface area contributed by atoms with Gasteiger partial charge in [-0.1, -0.05) is 23.9 Å². The first-order valence-corrected chi connectivity index (χ1v) is 9.99. The molecule has 0 fully saturated rings. The fourth-order valence-electron chi connectivity index (χ4n) is 3.03. The molecule has 0 aliphatic rings. The molecule has 0 spiro atoms. The highest BCUT2D eigenvalue weighted by molar-refractivity contribution is 8.00. The maximum absolute atomic E-state index is 12.7. The van der Waals surface area contributed by atoms with E-state index in [-0.39, 0.29) is 11.2 Å². The van der Waals surface area contributed by atoms with Gasteiger partial charge in [0.2, 0.25) is 5.91 Å². The van der Waals surface area contributed by atoms with E-state index in [2.05, 4.69) is 42.3 Å². The lowest BCUT2D eigenvalue weighted by Gasteiger charge is -2.15. The molecule has 28 heavy (non-hydrogen) atoms. The van der Waals surface area contributed by atoms with Gasteiger partial charge in [0.25, 0.3) is 0 Å². The summed E-state index contributed by atoms with van der Waals surface area (Å²) in [5, 5.41) is 3.43. The topological polar surface area (TPSA) is 56.1 Å². The van der Waals surface area contributed by atoms with E-state index >= 15 is 0 Å². The van der Waals surface area contributed by atoms with Crippen LogP contribution in [0.15, 0.2) is 53.9 Å². The van der Waals surface area contributed by atoms with Gasteiger partial charge in [0.1, 0.15) is 5.75 Å². The third kappa shape index (κ3) is 4.57. The first-order valence-electron chi connectivity index (χ1n) is 9.11. The zero-order chi connectivity index (χ0) is 20.3. The minimum absolute atomic E-state index is 0.0936. The van der Waals surface area contributed by atoms with E-state index in [0.717, 1.165) is 16.4 Å². The van der Waals surface area contributed by atoms with Gasteiger partial charge in [-0.2, -0.15) is 0 Å². The number of aromatic nitrogens is 2. The number of anilines is 1. The molecule has 146 valence electrons. The van der Waals surface area contributed by atoms with Crippen LogP contribution in [0.2, 0.25) is 0 Å². The average molecular weight is 396 g/mol. The number of carbonyl (C=O) groups excluding carboxylic acids is 1. The van der Waals surface area contributed by atoms with Crippen molar-refractivity contribution in [3.63, 3.8) is 0 Å². The van der Waals surface area contributed by atoms with Gasteiger partial charge in [0, 0.05) is 18.1 Å². The maximum atomic E-state index is 12.7. The molecule has 6 heteroatoms. The number of benzene rings is 2. The van der Waals surface area contributed by atoms with Crippen molar-refractivity contribution in [1.82, 2.24) is 9.55 Å². The Balaban J connectivity index is 1.77. The molecule has 0 bridgehead atoms. The first-order chi connectivity index (χ1) is 13.4. The molecule has 0 saturated carbocycles. The van der Waals surface area contributed by atoms with Crippen LogP contribution in [0.1, 0.15) is 23.6 Å². The fraction of sp³-hybridized carbons (Fsp3) is 0.273. The second-order valence-corrected chi connectivity index (χ2v) is 8.19. The fourth-order valence-corrected chi connectivity index (χ4v) is 3.91. The Morgan fingerprint density at radius 2 is 1.82 bits per heavy atom. The van der Waals surface area contributed by atoms with Gasteiger partial charge in [-0.05, 0) is 68.7 Å². The Kier molecular flexibility index (Phi) is 6.09. The SMILES string of the molecule is COc1ccc(C)cc1NC(=O)C(C)Sc1nccn1-c1cc(C)cc(C)c1. The summed E-state index contributed by atoms with van der Waals surface area (Å²) in [7, 11) is 1.60. The summed E-state index contributed by atoms with van der Waals surface area (Å²) in [4.78, 5) is 17.2. The Bertz CT molecular complexity index is 977. The Morgan fingerprint density at radius 1 is 1.11 bits per heavy atom. The van der Waals surface area contributed by atoms with E-state index in [1.165, 1.54) is 22.9 Å². The molecule has 3 aromatic rings. The standard InChI is InChI=1S/C22H25N3O2S/c1-14-6-7-20(27-5)19(13-14)24-21(26)17(4)28-22-23-8-9-25(22)18-11-15(2)10-16(3)12-18/h6-13,17H,1-5H3,(H,24,26). The minimum Gasteiger partial charge on any atom is -0.495 e. The zero-order valence-corrected chi connectivity index (χ0v) is 17.6. The van der Waals surface area contributed by atoms with Crippen LogP contribution in [0.25, 0.3) is 5.69 Å². The van der Waals surface area contributed by atoms with Crippen LogP contribution in [0.5, 0.6) is 5.75 Å². The molecule has 0 aliphatic heterocycles. The van der Waals surface area contributed by atoms with Crippen molar-refractivity contribution in [3.8, 4) is 11.4 Å². The summed E-state index contributed by atoms with van der Waals surface area (Å²) < 4.78 is 7.36. The van der Waals surface area contributed by atoms with Crippen LogP contribution in [0.3, 0.4) is 0 Å². The summed E-state index contributed by atoms with van der Waals surface area (Å²) in [6.07, 6.45) is 3.68. The number of rotatable bonds is 6. The average Bonchev–Trinajstić information content (AvgIpc) is 3.09. The van der Waals surface area contributed by atoms with E-state index in [1.54, 1.807) is 13.3 Å². The summed E-state index contributed by atoms with van der Waals surface area (Å²) >= 11 is 1.43. The number of hydrogen-bond acceptors (Lipinski definition) is 4. The third-order valence-electron chi connectivity index (χ3n) is 4.36. The number of thioether (sulfide) groups is 1. The number of aryl methyl sites for hydroxylation is 3. The normalized spacial score (nSPS) is 11.9. The second kappa shape index (κ2) is 8.52. The number of hydrogen-bond donors (Lipinski definition) is 1. The number of nitrogens with zero attached hydrogens (tertiary/aromatic N) is 2. The summed E-state index contributed by atoms with van der Waals surface area (Å²) in [5.41, 5.74) is 5.17. The number of ether oxygens (including phenoxy) is 1. The van der Waals surface area contributed by atoms with Crippen molar-refractivity contribution < 1.29 is 9.53 Å². The lowest BCUT2D eigenvalue weighted by Crippen LogP contribution is -2.23. The zero-order valence-electron chi connectivity index (χ0n) is 16.8. The molecule has 3 rings (SSSR count). The number of amides is 1.